The highest BCUT2D eigenvalue weighted by Crippen LogP contribution is 2.29. The number of hydrogen-bond acceptors (Lipinski definition) is 4. The Labute approximate surface area is 156 Å². The molecule has 27 heavy (non-hydrogen) atoms. The van der Waals surface area contributed by atoms with Crippen LogP contribution in [0.1, 0.15) is 5.56 Å². The Morgan fingerprint density at radius 1 is 0.815 bits per heavy atom. The topological polar surface area (TPSA) is 48.2 Å². The van der Waals surface area contributed by atoms with Crippen LogP contribution in [0.5, 0.6) is 5.75 Å². The van der Waals surface area contributed by atoms with Gasteiger partial charge in [0.15, 0.2) is 5.58 Å². The average Bonchev–Trinajstić information content (AvgIpc) is 3.17. The lowest BCUT2D eigenvalue weighted by atomic mass is 10.1. The summed E-state index contributed by atoms with van der Waals surface area (Å²) in [5.41, 5.74) is 3.72. The summed E-state index contributed by atoms with van der Waals surface area (Å²) in [5, 5.41) is 2.23. The van der Waals surface area contributed by atoms with E-state index < -0.39 is 0 Å². The summed E-state index contributed by atoms with van der Waals surface area (Å²) in [4.78, 5) is 8.59. The fourth-order valence-electron chi connectivity index (χ4n) is 3.09. The van der Waals surface area contributed by atoms with Crippen LogP contribution in [-0.4, -0.2) is 9.97 Å². The molecule has 4 heteroatoms. The molecule has 2 aromatic heterocycles. The van der Waals surface area contributed by atoms with Gasteiger partial charge in [-0.05, 0) is 64.9 Å². The highest BCUT2D eigenvalue weighted by molar-refractivity contribution is 5.88. The van der Waals surface area contributed by atoms with E-state index in [9.17, 15) is 0 Å². The molecule has 0 aliphatic heterocycles. The van der Waals surface area contributed by atoms with E-state index in [0.29, 0.717) is 12.5 Å². The van der Waals surface area contributed by atoms with Gasteiger partial charge < -0.3 is 9.15 Å². The van der Waals surface area contributed by atoms with E-state index in [4.69, 9.17) is 9.15 Å². The zero-order chi connectivity index (χ0) is 18.1. The van der Waals surface area contributed by atoms with Gasteiger partial charge >= 0.3 is 0 Å². The van der Waals surface area contributed by atoms with Crippen molar-refractivity contribution in [2.75, 3.05) is 0 Å². The zero-order valence-corrected chi connectivity index (χ0v) is 14.5. The first-order chi connectivity index (χ1) is 13.3. The lowest BCUT2D eigenvalue weighted by Crippen LogP contribution is -1.95. The molecule has 4 nitrogen and oxygen atoms in total. The molecular formula is C23H16N2O2. The third-order valence-corrected chi connectivity index (χ3v) is 4.51. The molecule has 0 saturated carbocycles. The van der Waals surface area contributed by atoms with Crippen molar-refractivity contribution < 1.29 is 9.15 Å². The molecule has 3 aromatic carbocycles. The predicted molar refractivity (Wildman–Crippen MR) is 106 cm³/mol. The molecule has 0 unspecified atom stereocenters. The van der Waals surface area contributed by atoms with Gasteiger partial charge in [0.25, 0.3) is 0 Å². The monoisotopic (exact) mass is 352 g/mol. The Balaban J connectivity index is 1.42. The van der Waals surface area contributed by atoms with E-state index >= 15 is 0 Å². The SMILES string of the molecule is c1ccc2oc(-c3ccc4cc(OCc5ccncc5)ccc4c3)nc2c1. The van der Waals surface area contributed by atoms with E-state index in [1.165, 1.54) is 0 Å². The summed E-state index contributed by atoms with van der Waals surface area (Å²) >= 11 is 0. The number of ether oxygens (including phenoxy) is 1. The smallest absolute Gasteiger partial charge is 0.227 e. The second-order valence-electron chi connectivity index (χ2n) is 6.35. The maximum atomic E-state index is 5.90. The minimum Gasteiger partial charge on any atom is -0.489 e. The average molecular weight is 352 g/mol. The van der Waals surface area contributed by atoms with Gasteiger partial charge in [0, 0.05) is 18.0 Å². The number of nitrogens with zero attached hydrogens (tertiary/aromatic N) is 2. The molecule has 0 bridgehead atoms. The molecule has 2 heterocycles. The molecule has 0 aliphatic rings. The lowest BCUT2D eigenvalue weighted by Gasteiger charge is -2.08. The molecule has 5 aromatic rings. The van der Waals surface area contributed by atoms with E-state index in [-0.39, 0.29) is 0 Å². The molecular weight excluding hydrogens is 336 g/mol. The van der Waals surface area contributed by atoms with Crippen molar-refractivity contribution >= 4 is 21.9 Å². The van der Waals surface area contributed by atoms with Gasteiger partial charge in [-0.1, -0.05) is 24.3 Å². The second-order valence-corrected chi connectivity index (χ2v) is 6.35. The van der Waals surface area contributed by atoms with E-state index in [0.717, 1.165) is 38.7 Å². The van der Waals surface area contributed by atoms with Crippen molar-refractivity contribution in [2.45, 2.75) is 6.61 Å². The summed E-state index contributed by atoms with van der Waals surface area (Å²) in [6.45, 7) is 0.523. The largest absolute Gasteiger partial charge is 0.489 e. The van der Waals surface area contributed by atoms with Gasteiger partial charge in [0.2, 0.25) is 5.89 Å². The quantitative estimate of drug-likeness (QED) is 0.421. The standard InChI is InChI=1S/C23H16N2O2/c1-2-4-22-21(3-1)25-23(27-22)19-6-5-18-14-20(8-7-17(18)13-19)26-15-16-9-11-24-12-10-16/h1-14H,15H2. The Hall–Kier alpha value is -3.66. The number of oxazole rings is 1. The van der Waals surface area contributed by atoms with Crippen molar-refractivity contribution in [3.05, 3.63) is 90.8 Å². The zero-order valence-electron chi connectivity index (χ0n) is 14.5. The Bertz CT molecular complexity index is 1200. The van der Waals surface area contributed by atoms with Crippen LogP contribution in [0.25, 0.3) is 33.3 Å². The third-order valence-electron chi connectivity index (χ3n) is 4.51. The van der Waals surface area contributed by atoms with Crippen LogP contribution in [-0.2, 0) is 6.61 Å². The fraction of sp³-hybridized carbons (Fsp3) is 0.0435. The second kappa shape index (κ2) is 6.57. The van der Waals surface area contributed by atoms with Gasteiger partial charge in [0.1, 0.15) is 17.9 Å². The Kier molecular flexibility index (Phi) is 3.79. The first kappa shape index (κ1) is 15.6. The summed E-state index contributed by atoms with van der Waals surface area (Å²) in [6, 6.07) is 24.0. The van der Waals surface area contributed by atoms with Crippen molar-refractivity contribution in [1.82, 2.24) is 9.97 Å². The third kappa shape index (κ3) is 3.13. The molecule has 0 spiro atoms. The van der Waals surface area contributed by atoms with Crippen LogP contribution in [0, 0.1) is 0 Å². The number of hydrogen-bond donors (Lipinski definition) is 0. The van der Waals surface area contributed by atoms with Crippen molar-refractivity contribution in [2.24, 2.45) is 0 Å². The molecule has 0 N–H and O–H groups in total. The summed E-state index contributed by atoms with van der Waals surface area (Å²) < 4.78 is 11.8. The van der Waals surface area contributed by atoms with Crippen LogP contribution in [0.4, 0.5) is 0 Å². The van der Waals surface area contributed by atoms with Crippen LogP contribution < -0.4 is 4.74 Å². The van der Waals surface area contributed by atoms with Gasteiger partial charge in [-0.25, -0.2) is 4.98 Å². The molecule has 5 rings (SSSR count). The molecule has 0 fully saturated rings. The summed E-state index contributed by atoms with van der Waals surface area (Å²) in [6.07, 6.45) is 3.54. The first-order valence-corrected chi connectivity index (χ1v) is 8.77. The first-order valence-electron chi connectivity index (χ1n) is 8.77. The van der Waals surface area contributed by atoms with Gasteiger partial charge in [-0.15, -0.1) is 0 Å². The van der Waals surface area contributed by atoms with Crippen LogP contribution in [0.3, 0.4) is 0 Å². The van der Waals surface area contributed by atoms with Gasteiger partial charge in [-0.2, -0.15) is 0 Å². The lowest BCUT2D eigenvalue weighted by molar-refractivity contribution is 0.306. The molecule has 130 valence electrons. The van der Waals surface area contributed by atoms with Gasteiger partial charge in [-0.3, -0.25) is 4.98 Å². The maximum absolute atomic E-state index is 5.90. The van der Waals surface area contributed by atoms with E-state index in [1.54, 1.807) is 12.4 Å². The predicted octanol–water partition coefficient (Wildman–Crippen LogP) is 5.62. The maximum Gasteiger partial charge on any atom is 0.227 e. The van der Waals surface area contributed by atoms with Crippen LogP contribution in [0.15, 0.2) is 89.6 Å². The van der Waals surface area contributed by atoms with E-state index in [2.05, 4.69) is 28.2 Å². The number of fused-ring (bicyclic) bond motifs is 2. The molecule has 0 amide bonds. The minimum absolute atomic E-state index is 0.523. The molecule has 0 saturated heterocycles. The van der Waals surface area contributed by atoms with Crippen LogP contribution in [0.2, 0.25) is 0 Å². The number of aromatic nitrogens is 2. The van der Waals surface area contributed by atoms with Crippen molar-refractivity contribution in [1.29, 1.82) is 0 Å². The highest BCUT2D eigenvalue weighted by atomic mass is 16.5. The highest BCUT2D eigenvalue weighted by Gasteiger charge is 2.08. The molecule has 0 radical (unpaired) electrons. The van der Waals surface area contributed by atoms with Crippen LogP contribution >= 0.6 is 0 Å². The fourth-order valence-corrected chi connectivity index (χ4v) is 3.09. The Morgan fingerprint density at radius 3 is 2.52 bits per heavy atom. The summed E-state index contributed by atoms with van der Waals surface area (Å²) in [7, 11) is 0. The van der Waals surface area contributed by atoms with Crippen molar-refractivity contribution in [3.63, 3.8) is 0 Å². The Morgan fingerprint density at radius 2 is 1.63 bits per heavy atom. The number of benzene rings is 3. The van der Waals surface area contributed by atoms with E-state index in [1.807, 2.05) is 54.6 Å². The molecule has 0 aliphatic carbocycles. The minimum atomic E-state index is 0.523. The number of para-hydroxylation sites is 2. The summed E-state index contributed by atoms with van der Waals surface area (Å²) in [5.74, 6) is 1.48. The number of rotatable bonds is 4. The number of pyridine rings is 1. The molecule has 0 atom stereocenters. The van der Waals surface area contributed by atoms with Crippen molar-refractivity contribution in [3.8, 4) is 17.2 Å². The van der Waals surface area contributed by atoms with Gasteiger partial charge in [0.05, 0.1) is 0 Å². The normalized spacial score (nSPS) is 11.1.